The molecule has 0 spiro atoms. The summed E-state index contributed by atoms with van der Waals surface area (Å²) in [5.74, 6) is -0.498. The van der Waals surface area contributed by atoms with Gasteiger partial charge in [0.25, 0.3) is 10.0 Å². The minimum atomic E-state index is -3.98. The van der Waals surface area contributed by atoms with Crippen molar-refractivity contribution in [3.8, 4) is 5.69 Å². The van der Waals surface area contributed by atoms with Crippen LogP contribution in [0.25, 0.3) is 15.9 Å². The van der Waals surface area contributed by atoms with Gasteiger partial charge in [-0.05, 0) is 24.3 Å². The monoisotopic (exact) mass is 432 g/mol. The maximum Gasteiger partial charge on any atom is 0.269 e. The molecule has 0 N–H and O–H groups in total. The second kappa shape index (κ2) is 7.90. The molecule has 4 rings (SSSR count). The highest BCUT2D eigenvalue weighted by Gasteiger charge is 2.29. The van der Waals surface area contributed by atoms with Crippen molar-refractivity contribution >= 4 is 36.7 Å². The summed E-state index contributed by atoms with van der Waals surface area (Å²) >= 11 is 1.28. The van der Waals surface area contributed by atoms with Crippen molar-refractivity contribution in [3.05, 3.63) is 66.7 Å². The molecule has 0 saturated heterocycles. The van der Waals surface area contributed by atoms with Gasteiger partial charge in [0.15, 0.2) is 0 Å². The van der Waals surface area contributed by atoms with Gasteiger partial charge in [-0.3, -0.25) is 0 Å². The first-order valence-corrected chi connectivity index (χ1v) is 10.9. The van der Waals surface area contributed by atoms with E-state index in [2.05, 4.69) is 10.1 Å². The minimum Gasteiger partial charge on any atom is -0.383 e. The SMILES string of the molecule is COCCN(c1nc2ccccc2s1)S(=O)(=O)c1cnn(-c2ccccc2F)c1. The number of aromatic nitrogens is 3. The number of methoxy groups -OCH3 is 1. The van der Waals surface area contributed by atoms with Crippen LogP contribution in [0.1, 0.15) is 0 Å². The zero-order valence-corrected chi connectivity index (χ0v) is 17.0. The Morgan fingerprint density at radius 1 is 1.17 bits per heavy atom. The molecule has 0 aliphatic heterocycles. The van der Waals surface area contributed by atoms with Crippen molar-refractivity contribution in [2.45, 2.75) is 4.90 Å². The van der Waals surface area contributed by atoms with Gasteiger partial charge < -0.3 is 4.74 Å². The van der Waals surface area contributed by atoms with E-state index in [0.29, 0.717) is 10.6 Å². The third-order valence-corrected chi connectivity index (χ3v) is 7.16. The van der Waals surface area contributed by atoms with Crippen LogP contribution in [0.15, 0.2) is 65.8 Å². The number of sulfonamides is 1. The van der Waals surface area contributed by atoms with E-state index in [0.717, 1.165) is 4.70 Å². The van der Waals surface area contributed by atoms with Crippen LogP contribution >= 0.6 is 11.3 Å². The zero-order valence-electron chi connectivity index (χ0n) is 15.4. The van der Waals surface area contributed by atoms with E-state index < -0.39 is 15.8 Å². The molecular formula is C19H17FN4O3S2. The number of fused-ring (bicyclic) bond motifs is 1. The van der Waals surface area contributed by atoms with Gasteiger partial charge in [0.1, 0.15) is 16.4 Å². The molecule has 7 nitrogen and oxygen atoms in total. The second-order valence-electron chi connectivity index (χ2n) is 6.11. The van der Waals surface area contributed by atoms with Crippen molar-refractivity contribution in [1.29, 1.82) is 0 Å². The van der Waals surface area contributed by atoms with Crippen LogP contribution < -0.4 is 4.31 Å². The summed E-state index contributed by atoms with van der Waals surface area (Å²) in [7, 11) is -2.48. The van der Waals surface area contributed by atoms with Gasteiger partial charge in [-0.2, -0.15) is 5.10 Å². The number of nitrogens with zero attached hydrogens (tertiary/aromatic N) is 4. The molecular weight excluding hydrogens is 415 g/mol. The highest BCUT2D eigenvalue weighted by atomic mass is 32.2. The molecule has 4 aromatic rings. The molecule has 0 unspecified atom stereocenters. The fourth-order valence-electron chi connectivity index (χ4n) is 2.80. The van der Waals surface area contributed by atoms with Gasteiger partial charge in [-0.25, -0.2) is 26.8 Å². The molecule has 0 radical (unpaired) electrons. The van der Waals surface area contributed by atoms with Crippen molar-refractivity contribution in [1.82, 2.24) is 14.8 Å². The third-order valence-electron chi connectivity index (χ3n) is 4.24. The quantitative estimate of drug-likeness (QED) is 0.447. The van der Waals surface area contributed by atoms with Gasteiger partial charge in [0.2, 0.25) is 5.13 Å². The molecule has 0 aliphatic carbocycles. The van der Waals surface area contributed by atoms with E-state index in [1.54, 1.807) is 12.1 Å². The fourth-order valence-corrected chi connectivity index (χ4v) is 5.33. The Balaban J connectivity index is 1.75. The third kappa shape index (κ3) is 3.74. The Hall–Kier alpha value is -2.82. The molecule has 2 heterocycles. The normalized spacial score (nSPS) is 11.8. The van der Waals surface area contributed by atoms with Gasteiger partial charge in [-0.1, -0.05) is 35.6 Å². The molecule has 0 amide bonds. The lowest BCUT2D eigenvalue weighted by molar-refractivity contribution is 0.208. The summed E-state index contributed by atoms with van der Waals surface area (Å²) in [5.41, 5.74) is 0.879. The molecule has 0 atom stereocenters. The lowest BCUT2D eigenvalue weighted by atomic mass is 10.3. The molecule has 0 fully saturated rings. The van der Waals surface area contributed by atoms with Gasteiger partial charge in [0.05, 0.1) is 35.8 Å². The molecule has 0 saturated carbocycles. The lowest BCUT2D eigenvalue weighted by Gasteiger charge is -2.20. The van der Waals surface area contributed by atoms with E-state index in [9.17, 15) is 12.8 Å². The maximum absolute atomic E-state index is 14.0. The Bertz CT molecular complexity index is 1220. The summed E-state index contributed by atoms with van der Waals surface area (Å²) < 4.78 is 49.1. The van der Waals surface area contributed by atoms with E-state index in [1.165, 1.54) is 52.0 Å². The number of para-hydroxylation sites is 2. The molecule has 10 heteroatoms. The number of benzene rings is 2. The second-order valence-corrected chi connectivity index (χ2v) is 8.98. The number of rotatable bonds is 7. The largest absolute Gasteiger partial charge is 0.383 e. The summed E-state index contributed by atoms with van der Waals surface area (Å²) in [6, 6.07) is 13.4. The summed E-state index contributed by atoms with van der Waals surface area (Å²) in [5, 5.41) is 4.37. The van der Waals surface area contributed by atoms with E-state index in [1.807, 2.05) is 24.3 Å². The highest BCUT2D eigenvalue weighted by Crippen LogP contribution is 2.32. The number of anilines is 1. The van der Waals surface area contributed by atoms with E-state index in [4.69, 9.17) is 4.74 Å². The molecule has 0 bridgehead atoms. The number of hydrogen-bond donors (Lipinski definition) is 0. The molecule has 2 aromatic heterocycles. The number of thiazole rings is 1. The van der Waals surface area contributed by atoms with Gasteiger partial charge in [0, 0.05) is 7.11 Å². The Kier molecular flexibility index (Phi) is 5.31. The highest BCUT2D eigenvalue weighted by molar-refractivity contribution is 7.93. The van der Waals surface area contributed by atoms with Crippen molar-refractivity contribution in [2.24, 2.45) is 0 Å². The molecule has 29 heavy (non-hydrogen) atoms. The Morgan fingerprint density at radius 3 is 2.69 bits per heavy atom. The van der Waals surface area contributed by atoms with Gasteiger partial charge in [-0.15, -0.1) is 0 Å². The molecule has 2 aromatic carbocycles. The first kappa shape index (κ1) is 19.5. The van der Waals surface area contributed by atoms with Crippen LogP contribution in [0, 0.1) is 5.82 Å². The van der Waals surface area contributed by atoms with Crippen molar-refractivity contribution < 1.29 is 17.5 Å². The summed E-state index contributed by atoms with van der Waals surface area (Å²) in [6.07, 6.45) is 2.50. The van der Waals surface area contributed by atoms with Crippen LogP contribution in [-0.4, -0.2) is 43.4 Å². The summed E-state index contributed by atoms with van der Waals surface area (Å²) in [4.78, 5) is 4.40. The zero-order chi connectivity index (χ0) is 20.4. The van der Waals surface area contributed by atoms with Crippen LogP contribution in [-0.2, 0) is 14.8 Å². The number of halogens is 1. The molecule has 150 valence electrons. The summed E-state index contributed by atoms with van der Waals surface area (Å²) in [6.45, 7) is 0.278. The average molecular weight is 433 g/mol. The first-order chi connectivity index (χ1) is 14.0. The predicted molar refractivity (Wildman–Crippen MR) is 110 cm³/mol. The van der Waals surface area contributed by atoms with Crippen LogP contribution in [0.5, 0.6) is 0 Å². The Labute approximate surface area is 171 Å². The van der Waals surface area contributed by atoms with Crippen LogP contribution in [0.4, 0.5) is 9.52 Å². The number of ether oxygens (including phenoxy) is 1. The van der Waals surface area contributed by atoms with Crippen molar-refractivity contribution in [2.75, 3.05) is 24.6 Å². The number of hydrogen-bond acceptors (Lipinski definition) is 6. The maximum atomic E-state index is 14.0. The molecule has 0 aliphatic rings. The topological polar surface area (TPSA) is 77.3 Å². The van der Waals surface area contributed by atoms with Crippen LogP contribution in [0.2, 0.25) is 0 Å². The predicted octanol–water partition coefficient (Wildman–Crippen LogP) is 3.46. The lowest BCUT2D eigenvalue weighted by Crippen LogP contribution is -2.33. The van der Waals surface area contributed by atoms with Gasteiger partial charge >= 0.3 is 0 Å². The first-order valence-electron chi connectivity index (χ1n) is 8.67. The van der Waals surface area contributed by atoms with Crippen LogP contribution in [0.3, 0.4) is 0 Å². The van der Waals surface area contributed by atoms with E-state index in [-0.39, 0.29) is 23.7 Å². The smallest absolute Gasteiger partial charge is 0.269 e. The minimum absolute atomic E-state index is 0.0592. The standard InChI is InChI=1S/C19H17FN4O3S2/c1-27-11-10-24(19-22-16-7-3-5-9-18(16)28-19)29(25,26)14-12-21-23(13-14)17-8-4-2-6-15(17)20/h2-9,12-13H,10-11H2,1H3. The van der Waals surface area contributed by atoms with E-state index >= 15 is 0 Å². The average Bonchev–Trinajstić information content (AvgIpc) is 3.36. The Morgan fingerprint density at radius 2 is 1.93 bits per heavy atom. The van der Waals surface area contributed by atoms with Crippen molar-refractivity contribution in [3.63, 3.8) is 0 Å². The fraction of sp³-hybridized carbons (Fsp3) is 0.158.